The quantitative estimate of drug-likeness (QED) is 0.273. The molecule has 0 unspecified atom stereocenters. The number of hydrogen-bond donors (Lipinski definition) is 1. The van der Waals surface area contributed by atoms with Gasteiger partial charge in [-0.1, -0.05) is 74.3 Å². The molecule has 0 aromatic heterocycles. The summed E-state index contributed by atoms with van der Waals surface area (Å²) >= 11 is 5.99. The van der Waals surface area contributed by atoms with Gasteiger partial charge < -0.3 is 10.2 Å². The van der Waals surface area contributed by atoms with E-state index in [0.29, 0.717) is 23.7 Å². The number of rotatable bonds is 13. The van der Waals surface area contributed by atoms with E-state index in [-0.39, 0.29) is 17.3 Å². The maximum atomic E-state index is 14.0. The minimum Gasteiger partial charge on any atom is -0.354 e. The number of hydrogen-bond acceptors (Lipinski definition) is 4. The molecule has 0 aliphatic carbocycles. The molecule has 3 rings (SSSR count). The lowest BCUT2D eigenvalue weighted by molar-refractivity contribution is -0.140. The number of nitrogens with one attached hydrogen (secondary N) is 1. The first-order valence-corrected chi connectivity index (χ1v) is 15.0. The van der Waals surface area contributed by atoms with Gasteiger partial charge in [-0.05, 0) is 67.3 Å². The molecule has 0 saturated carbocycles. The number of carbonyl (C=O) groups is 2. The largest absolute Gasteiger partial charge is 0.354 e. The molecule has 1 atom stereocenters. The van der Waals surface area contributed by atoms with Crippen LogP contribution in [0.15, 0.2) is 83.8 Å². The predicted molar refractivity (Wildman–Crippen MR) is 156 cm³/mol. The van der Waals surface area contributed by atoms with Gasteiger partial charge in [0.1, 0.15) is 12.6 Å². The van der Waals surface area contributed by atoms with Crippen molar-refractivity contribution in [3.63, 3.8) is 0 Å². The van der Waals surface area contributed by atoms with Crippen LogP contribution in [0.5, 0.6) is 0 Å². The number of para-hydroxylation sites is 1. The zero-order chi connectivity index (χ0) is 28.4. The van der Waals surface area contributed by atoms with E-state index in [4.69, 9.17) is 11.6 Å². The number of halogens is 1. The van der Waals surface area contributed by atoms with Crippen LogP contribution in [0.3, 0.4) is 0 Å². The minimum absolute atomic E-state index is 0.0124. The van der Waals surface area contributed by atoms with Crippen LogP contribution in [0.25, 0.3) is 0 Å². The molecule has 0 heterocycles. The minimum atomic E-state index is -4.12. The summed E-state index contributed by atoms with van der Waals surface area (Å²) in [6, 6.07) is 21.2. The second-order valence-electron chi connectivity index (χ2n) is 9.32. The average Bonchev–Trinajstić information content (AvgIpc) is 2.93. The van der Waals surface area contributed by atoms with Gasteiger partial charge in [-0.15, -0.1) is 0 Å². The average molecular weight is 570 g/mol. The molecule has 0 fully saturated rings. The van der Waals surface area contributed by atoms with Gasteiger partial charge in [0, 0.05) is 18.1 Å². The second kappa shape index (κ2) is 14.1. The highest BCUT2D eigenvalue weighted by atomic mass is 35.5. The maximum Gasteiger partial charge on any atom is 0.264 e. The summed E-state index contributed by atoms with van der Waals surface area (Å²) in [6.07, 6.45) is 2.14. The topological polar surface area (TPSA) is 86.8 Å². The Labute approximate surface area is 236 Å². The Morgan fingerprint density at radius 3 is 2.18 bits per heavy atom. The maximum absolute atomic E-state index is 14.0. The fourth-order valence-electron chi connectivity index (χ4n) is 4.25. The zero-order valence-corrected chi connectivity index (χ0v) is 24.2. The van der Waals surface area contributed by atoms with Gasteiger partial charge in [0.15, 0.2) is 0 Å². The van der Waals surface area contributed by atoms with E-state index < -0.39 is 28.5 Å². The third-order valence-electron chi connectivity index (χ3n) is 6.54. The second-order valence-corrected chi connectivity index (χ2v) is 11.6. The third-order valence-corrected chi connectivity index (χ3v) is 8.58. The standard InChI is InChI=1S/C30H36ClN3O4S/c1-4-6-20-32-30(36)28(5-2)33(21-24-13-11-10-12-23(24)3)29(35)22-34(26-14-8-7-9-15-26)39(37,38)27-18-16-25(31)17-19-27/h7-19,28H,4-6,20-22H2,1-3H3,(H,32,36)/t28-/m1/s1. The van der Waals surface area contributed by atoms with Crippen LogP contribution in [0.4, 0.5) is 5.69 Å². The highest BCUT2D eigenvalue weighted by Crippen LogP contribution is 2.26. The van der Waals surface area contributed by atoms with Gasteiger partial charge in [0.2, 0.25) is 11.8 Å². The van der Waals surface area contributed by atoms with E-state index in [2.05, 4.69) is 5.32 Å². The van der Waals surface area contributed by atoms with E-state index in [9.17, 15) is 18.0 Å². The highest BCUT2D eigenvalue weighted by molar-refractivity contribution is 7.92. The number of sulfonamides is 1. The Bertz CT molecular complexity index is 1350. The zero-order valence-electron chi connectivity index (χ0n) is 22.6. The Hall–Kier alpha value is -3.36. The van der Waals surface area contributed by atoms with Gasteiger partial charge in [-0.2, -0.15) is 0 Å². The number of anilines is 1. The molecule has 2 amide bonds. The van der Waals surface area contributed by atoms with Crippen LogP contribution in [0, 0.1) is 6.92 Å². The van der Waals surface area contributed by atoms with Crippen LogP contribution in [0.2, 0.25) is 5.02 Å². The number of carbonyl (C=O) groups excluding carboxylic acids is 2. The van der Waals surface area contributed by atoms with Crippen LogP contribution >= 0.6 is 11.6 Å². The summed E-state index contributed by atoms with van der Waals surface area (Å²) in [5.41, 5.74) is 2.21. The molecule has 0 aliphatic heterocycles. The van der Waals surface area contributed by atoms with Gasteiger partial charge in [0.05, 0.1) is 10.6 Å². The summed E-state index contributed by atoms with van der Waals surface area (Å²) < 4.78 is 28.7. The molecule has 0 radical (unpaired) electrons. The number of aryl methyl sites for hydroxylation is 1. The van der Waals surface area contributed by atoms with Crippen LogP contribution in [-0.2, 0) is 26.2 Å². The van der Waals surface area contributed by atoms with Crippen LogP contribution < -0.4 is 9.62 Å². The molecule has 9 heteroatoms. The molecule has 0 spiro atoms. The molecule has 208 valence electrons. The van der Waals surface area contributed by atoms with Crippen molar-refractivity contribution in [3.05, 3.63) is 95.0 Å². The molecular formula is C30H36ClN3O4S. The van der Waals surface area contributed by atoms with Crippen molar-refractivity contribution in [1.82, 2.24) is 10.2 Å². The molecule has 3 aromatic rings. The highest BCUT2D eigenvalue weighted by Gasteiger charge is 2.33. The molecular weight excluding hydrogens is 534 g/mol. The molecule has 1 N–H and O–H groups in total. The molecule has 7 nitrogen and oxygen atoms in total. The first-order chi connectivity index (χ1) is 18.7. The molecule has 0 aliphatic rings. The smallest absolute Gasteiger partial charge is 0.264 e. The fourth-order valence-corrected chi connectivity index (χ4v) is 5.79. The SMILES string of the molecule is CCCCNC(=O)[C@@H](CC)N(Cc1ccccc1C)C(=O)CN(c1ccccc1)S(=O)(=O)c1ccc(Cl)cc1. The first kappa shape index (κ1) is 30.2. The number of amides is 2. The lowest BCUT2D eigenvalue weighted by Gasteiger charge is -2.33. The van der Waals surface area contributed by atoms with Crippen molar-refractivity contribution in [3.8, 4) is 0 Å². The Morgan fingerprint density at radius 1 is 0.923 bits per heavy atom. The monoisotopic (exact) mass is 569 g/mol. The van der Waals surface area contributed by atoms with E-state index in [1.807, 2.05) is 45.0 Å². The van der Waals surface area contributed by atoms with Gasteiger partial charge >= 0.3 is 0 Å². The lowest BCUT2D eigenvalue weighted by atomic mass is 10.1. The lowest BCUT2D eigenvalue weighted by Crippen LogP contribution is -2.52. The normalized spacial score (nSPS) is 12.0. The third kappa shape index (κ3) is 7.83. The van der Waals surface area contributed by atoms with E-state index in [0.717, 1.165) is 28.3 Å². The summed E-state index contributed by atoms with van der Waals surface area (Å²) in [6.45, 7) is 6.05. The summed E-state index contributed by atoms with van der Waals surface area (Å²) in [7, 11) is -4.12. The predicted octanol–water partition coefficient (Wildman–Crippen LogP) is 5.57. The van der Waals surface area contributed by atoms with Crippen molar-refractivity contribution >= 4 is 39.1 Å². The number of nitrogens with zero attached hydrogens (tertiary/aromatic N) is 2. The van der Waals surface area contributed by atoms with Crippen molar-refractivity contribution < 1.29 is 18.0 Å². The molecule has 39 heavy (non-hydrogen) atoms. The summed E-state index contributed by atoms with van der Waals surface area (Å²) in [5.74, 6) is -0.725. The van der Waals surface area contributed by atoms with Crippen molar-refractivity contribution in [2.24, 2.45) is 0 Å². The van der Waals surface area contributed by atoms with Crippen LogP contribution in [0.1, 0.15) is 44.2 Å². The van der Waals surface area contributed by atoms with E-state index in [1.165, 1.54) is 29.2 Å². The molecule has 0 bridgehead atoms. The van der Waals surface area contributed by atoms with Crippen molar-refractivity contribution in [2.75, 3.05) is 17.4 Å². The van der Waals surface area contributed by atoms with Crippen molar-refractivity contribution in [2.45, 2.75) is 57.5 Å². The number of benzene rings is 3. The van der Waals surface area contributed by atoms with Gasteiger partial charge in [0.25, 0.3) is 10.0 Å². The summed E-state index contributed by atoms with van der Waals surface area (Å²) in [5, 5.41) is 3.34. The summed E-state index contributed by atoms with van der Waals surface area (Å²) in [4.78, 5) is 28.8. The van der Waals surface area contributed by atoms with E-state index >= 15 is 0 Å². The van der Waals surface area contributed by atoms with Gasteiger partial charge in [-0.3, -0.25) is 13.9 Å². The number of unbranched alkanes of at least 4 members (excludes halogenated alkanes) is 1. The fraction of sp³-hybridized carbons (Fsp3) is 0.333. The molecule has 3 aromatic carbocycles. The molecule has 0 saturated heterocycles. The Kier molecular flexibility index (Phi) is 10.9. The Balaban J connectivity index is 2.02. The van der Waals surface area contributed by atoms with Gasteiger partial charge in [-0.25, -0.2) is 8.42 Å². The van der Waals surface area contributed by atoms with Crippen molar-refractivity contribution in [1.29, 1.82) is 0 Å². The first-order valence-electron chi connectivity index (χ1n) is 13.1. The Morgan fingerprint density at radius 2 is 1.56 bits per heavy atom. The van der Waals surface area contributed by atoms with Crippen LogP contribution in [-0.4, -0.2) is 44.3 Å². The van der Waals surface area contributed by atoms with E-state index in [1.54, 1.807) is 30.3 Å².